The van der Waals surface area contributed by atoms with Crippen LogP contribution in [0.2, 0.25) is 0 Å². The van der Waals surface area contributed by atoms with Gasteiger partial charge in [-0.3, -0.25) is 0 Å². The van der Waals surface area contributed by atoms with Crippen molar-refractivity contribution in [1.82, 2.24) is 0 Å². The number of rotatable bonds is 1. The van der Waals surface area contributed by atoms with Gasteiger partial charge in [-0.05, 0) is 29.7 Å². The van der Waals surface area contributed by atoms with Gasteiger partial charge >= 0.3 is 0 Å². The van der Waals surface area contributed by atoms with E-state index in [4.69, 9.17) is 6.11 Å². The topological polar surface area (TPSA) is 9.23 Å². The van der Waals surface area contributed by atoms with Crippen molar-refractivity contribution in [2.45, 2.75) is 12.5 Å². The van der Waals surface area contributed by atoms with Crippen LogP contribution in [0.5, 0.6) is 0 Å². The highest BCUT2D eigenvalue weighted by molar-refractivity contribution is 5.57. The summed E-state index contributed by atoms with van der Waals surface area (Å²) in [6, 6.07) is 8.23. The van der Waals surface area contributed by atoms with Crippen molar-refractivity contribution in [3.05, 3.63) is 66.0 Å². The lowest BCUT2D eigenvalue weighted by Gasteiger charge is -2.26. The molecule has 1 nitrogen and oxygen atoms in total. The zero-order valence-electron chi connectivity index (χ0n) is 9.97. The summed E-state index contributed by atoms with van der Waals surface area (Å²) in [7, 11) is 0. The SMILES string of the molecule is [2H]C1(C2C=CC=CO2)C=Cc2ccccc2C1. The molecule has 1 heterocycles. The first kappa shape index (κ1) is 8.40. The summed E-state index contributed by atoms with van der Waals surface area (Å²) in [5.74, 6) is -0.699. The summed E-state index contributed by atoms with van der Waals surface area (Å²) < 4.78 is 14.1. The number of fused-ring (bicyclic) bond motifs is 1. The molecular formula is C15H14O. The first-order valence-electron chi connectivity index (χ1n) is 6.04. The van der Waals surface area contributed by atoms with Gasteiger partial charge in [-0.1, -0.05) is 42.5 Å². The number of ether oxygens (including phenoxy) is 1. The van der Waals surface area contributed by atoms with Gasteiger partial charge in [0.15, 0.2) is 0 Å². The molecule has 1 aromatic carbocycles. The van der Waals surface area contributed by atoms with Crippen LogP contribution < -0.4 is 0 Å². The molecule has 2 unspecified atom stereocenters. The van der Waals surface area contributed by atoms with Gasteiger partial charge in [-0.2, -0.15) is 0 Å². The van der Waals surface area contributed by atoms with E-state index in [-0.39, 0.29) is 6.10 Å². The highest BCUT2D eigenvalue weighted by Gasteiger charge is 2.22. The molecule has 0 saturated heterocycles. The molecule has 2 aliphatic rings. The normalized spacial score (nSPS) is 31.8. The van der Waals surface area contributed by atoms with Crippen molar-refractivity contribution in [2.75, 3.05) is 0 Å². The smallest absolute Gasteiger partial charge is 0.123 e. The zero-order chi connectivity index (χ0) is 11.7. The lowest BCUT2D eigenvalue weighted by atomic mass is 9.86. The minimum Gasteiger partial charge on any atom is -0.493 e. The van der Waals surface area contributed by atoms with Crippen LogP contribution >= 0.6 is 0 Å². The maximum Gasteiger partial charge on any atom is 0.123 e. The number of hydrogen-bond acceptors (Lipinski definition) is 1. The summed E-state index contributed by atoms with van der Waals surface area (Å²) in [4.78, 5) is 0. The monoisotopic (exact) mass is 211 g/mol. The molecule has 1 aliphatic carbocycles. The highest BCUT2D eigenvalue weighted by Crippen LogP contribution is 2.27. The van der Waals surface area contributed by atoms with E-state index in [0.717, 1.165) is 0 Å². The molecule has 0 N–H and O–H groups in total. The average molecular weight is 211 g/mol. The van der Waals surface area contributed by atoms with Crippen molar-refractivity contribution >= 4 is 6.08 Å². The van der Waals surface area contributed by atoms with Crippen LogP contribution in [0, 0.1) is 5.89 Å². The van der Waals surface area contributed by atoms with Gasteiger partial charge in [0.2, 0.25) is 0 Å². The Morgan fingerprint density at radius 1 is 1.19 bits per heavy atom. The van der Waals surface area contributed by atoms with E-state index < -0.39 is 5.89 Å². The molecule has 3 rings (SSSR count). The molecule has 0 spiro atoms. The first-order chi connectivity index (χ1) is 8.28. The quantitative estimate of drug-likeness (QED) is 0.692. The van der Waals surface area contributed by atoms with Crippen LogP contribution in [0.25, 0.3) is 6.08 Å². The van der Waals surface area contributed by atoms with Crippen LogP contribution in [0.4, 0.5) is 0 Å². The van der Waals surface area contributed by atoms with Gasteiger partial charge in [0, 0.05) is 7.26 Å². The van der Waals surface area contributed by atoms with Gasteiger partial charge in [0.05, 0.1) is 6.26 Å². The van der Waals surface area contributed by atoms with Gasteiger partial charge in [-0.25, -0.2) is 0 Å². The molecule has 0 fully saturated rings. The molecule has 0 radical (unpaired) electrons. The predicted molar refractivity (Wildman–Crippen MR) is 65.8 cm³/mol. The second kappa shape index (κ2) is 4.01. The maximum atomic E-state index is 8.55. The molecule has 2 atom stereocenters. The molecule has 80 valence electrons. The Balaban J connectivity index is 1.92. The summed E-state index contributed by atoms with van der Waals surface area (Å²) >= 11 is 0. The van der Waals surface area contributed by atoms with Crippen molar-refractivity contribution in [3.63, 3.8) is 0 Å². The Morgan fingerprint density at radius 2 is 2.12 bits per heavy atom. The van der Waals surface area contributed by atoms with E-state index in [1.165, 1.54) is 11.1 Å². The molecule has 0 amide bonds. The third kappa shape index (κ3) is 1.69. The largest absolute Gasteiger partial charge is 0.493 e. The van der Waals surface area contributed by atoms with Crippen LogP contribution in [-0.2, 0) is 11.2 Å². The van der Waals surface area contributed by atoms with Crippen molar-refractivity contribution in [3.8, 4) is 0 Å². The van der Waals surface area contributed by atoms with Gasteiger partial charge in [0.1, 0.15) is 6.10 Å². The lowest BCUT2D eigenvalue weighted by molar-refractivity contribution is 0.143. The molecular weight excluding hydrogens is 196 g/mol. The Bertz CT molecular complexity index is 515. The predicted octanol–water partition coefficient (Wildman–Crippen LogP) is 3.34. The second-order valence-electron chi connectivity index (χ2n) is 4.05. The van der Waals surface area contributed by atoms with E-state index in [9.17, 15) is 0 Å². The molecule has 1 aliphatic heterocycles. The molecule has 0 aromatic heterocycles. The first-order valence-corrected chi connectivity index (χ1v) is 5.54. The van der Waals surface area contributed by atoms with Crippen LogP contribution in [0.1, 0.15) is 12.5 Å². The van der Waals surface area contributed by atoms with E-state index in [1.54, 1.807) is 6.26 Å². The van der Waals surface area contributed by atoms with E-state index >= 15 is 0 Å². The number of benzene rings is 1. The number of hydrogen-bond donors (Lipinski definition) is 0. The fourth-order valence-electron chi connectivity index (χ4n) is 2.13. The molecule has 0 bridgehead atoms. The maximum absolute atomic E-state index is 8.55. The number of allylic oxidation sites excluding steroid dienone is 2. The van der Waals surface area contributed by atoms with Crippen LogP contribution in [0.15, 0.2) is 54.8 Å². The highest BCUT2D eigenvalue weighted by atomic mass is 16.5. The fourth-order valence-corrected chi connectivity index (χ4v) is 2.13. The third-order valence-electron chi connectivity index (χ3n) is 2.99. The standard InChI is InChI=1S/C15H14O/c1-2-6-13-11-14(9-8-12(13)5-1)15-7-3-4-10-16-15/h1-10,14-15H,11H2/i14D. The lowest BCUT2D eigenvalue weighted by Crippen LogP contribution is -2.23. The van der Waals surface area contributed by atoms with Crippen molar-refractivity contribution in [2.24, 2.45) is 5.89 Å². The fraction of sp³-hybridized carbons (Fsp3) is 0.200. The molecule has 16 heavy (non-hydrogen) atoms. The minimum absolute atomic E-state index is 0.197. The van der Waals surface area contributed by atoms with Crippen molar-refractivity contribution < 1.29 is 6.11 Å². The summed E-state index contributed by atoms with van der Waals surface area (Å²) in [6.07, 6.45) is 11.9. The summed E-state index contributed by atoms with van der Waals surface area (Å²) in [5, 5.41) is 0. The minimum atomic E-state index is -0.699. The van der Waals surface area contributed by atoms with Gasteiger partial charge in [-0.15, -0.1) is 0 Å². The Morgan fingerprint density at radius 3 is 3.00 bits per heavy atom. The Labute approximate surface area is 97.2 Å². The summed E-state index contributed by atoms with van der Waals surface area (Å²) in [6.45, 7) is 0. The Hall–Kier alpha value is -1.76. The van der Waals surface area contributed by atoms with Crippen molar-refractivity contribution in [1.29, 1.82) is 0 Å². The average Bonchev–Trinajstić information content (AvgIpc) is 2.40. The molecule has 1 heteroatoms. The molecule has 0 saturated carbocycles. The Kier molecular flexibility index (Phi) is 2.11. The second-order valence-corrected chi connectivity index (χ2v) is 4.05. The van der Waals surface area contributed by atoms with E-state index in [0.29, 0.717) is 6.42 Å². The summed E-state index contributed by atoms with van der Waals surface area (Å²) in [5.41, 5.74) is 2.43. The molecule has 1 aromatic rings. The van der Waals surface area contributed by atoms with Gasteiger partial charge in [0.25, 0.3) is 0 Å². The van der Waals surface area contributed by atoms with Crippen LogP contribution in [0.3, 0.4) is 0 Å². The zero-order valence-corrected chi connectivity index (χ0v) is 8.97. The van der Waals surface area contributed by atoms with Gasteiger partial charge < -0.3 is 4.74 Å². The van der Waals surface area contributed by atoms with E-state index in [2.05, 4.69) is 12.1 Å². The van der Waals surface area contributed by atoms with Crippen LogP contribution in [-0.4, -0.2) is 6.10 Å². The van der Waals surface area contributed by atoms with E-state index in [1.807, 2.05) is 42.5 Å². The third-order valence-corrected chi connectivity index (χ3v) is 2.99.